The molecule has 0 unspecified atom stereocenters. The Balaban J connectivity index is 3.20. The normalized spacial score (nSPS) is 10.4. The zero-order valence-electron chi connectivity index (χ0n) is 6.64. The molecule has 0 fully saturated rings. The molecule has 0 N–H and O–H groups in total. The summed E-state index contributed by atoms with van der Waals surface area (Å²) in [5.41, 5.74) is -0.313. The minimum Gasteiger partial charge on any atom is -0.431 e. The number of hydrogen-bond acceptors (Lipinski definition) is 2. The molecule has 0 bridgehead atoms. The fourth-order valence-corrected chi connectivity index (χ4v) is 0.997. The molecule has 0 aliphatic rings. The van der Waals surface area contributed by atoms with Crippen LogP contribution in [0.25, 0.3) is 0 Å². The van der Waals surface area contributed by atoms with Crippen LogP contribution in [-0.2, 0) is 0 Å². The predicted octanol–water partition coefficient (Wildman–Crippen LogP) is 2.89. The molecule has 6 heteroatoms. The molecule has 0 radical (unpaired) electrons. The number of halogens is 4. The fourth-order valence-electron chi connectivity index (χ4n) is 0.849. The van der Waals surface area contributed by atoms with Crippen molar-refractivity contribution >= 4 is 17.9 Å². The number of benzene rings is 1. The molecule has 0 aromatic heterocycles. The van der Waals surface area contributed by atoms with E-state index in [2.05, 4.69) is 4.74 Å². The Morgan fingerprint density at radius 2 is 2.07 bits per heavy atom. The Morgan fingerprint density at radius 1 is 1.43 bits per heavy atom. The summed E-state index contributed by atoms with van der Waals surface area (Å²) in [5, 5.41) is -0.383. The van der Waals surface area contributed by atoms with Crippen LogP contribution in [0.1, 0.15) is 10.4 Å². The first-order chi connectivity index (χ1) is 6.56. The third kappa shape index (κ3) is 2.17. The Labute approximate surface area is 82.2 Å². The summed E-state index contributed by atoms with van der Waals surface area (Å²) >= 11 is 5.31. The van der Waals surface area contributed by atoms with Gasteiger partial charge in [0.05, 0.1) is 10.6 Å². The van der Waals surface area contributed by atoms with Crippen LogP contribution in [-0.4, -0.2) is 12.9 Å². The van der Waals surface area contributed by atoms with Crippen LogP contribution in [0.2, 0.25) is 5.02 Å². The fraction of sp³-hybridized carbons (Fsp3) is 0.125. The van der Waals surface area contributed by atoms with Crippen molar-refractivity contribution in [2.45, 2.75) is 6.61 Å². The lowest BCUT2D eigenvalue weighted by molar-refractivity contribution is -0.0524. The average Bonchev–Trinajstić information content (AvgIpc) is 2.13. The summed E-state index contributed by atoms with van der Waals surface area (Å²) in [6.07, 6.45) is 0.205. The molecule has 0 aliphatic carbocycles. The van der Waals surface area contributed by atoms with Gasteiger partial charge in [0.2, 0.25) is 0 Å². The van der Waals surface area contributed by atoms with E-state index in [0.29, 0.717) is 0 Å². The van der Waals surface area contributed by atoms with Gasteiger partial charge in [0.25, 0.3) is 0 Å². The summed E-state index contributed by atoms with van der Waals surface area (Å²) in [5.74, 6) is -2.00. The monoisotopic (exact) mass is 224 g/mol. The van der Waals surface area contributed by atoms with Crippen molar-refractivity contribution in [1.82, 2.24) is 0 Å². The number of hydrogen-bond donors (Lipinski definition) is 0. The van der Waals surface area contributed by atoms with Gasteiger partial charge in [-0.25, -0.2) is 4.39 Å². The van der Waals surface area contributed by atoms with Gasteiger partial charge >= 0.3 is 6.61 Å². The Hall–Kier alpha value is -1.23. The van der Waals surface area contributed by atoms with Crippen molar-refractivity contribution in [3.8, 4) is 5.75 Å². The summed E-state index contributed by atoms with van der Waals surface area (Å²) in [4.78, 5) is 10.3. The van der Waals surface area contributed by atoms with Gasteiger partial charge in [-0.1, -0.05) is 11.6 Å². The second kappa shape index (κ2) is 4.32. The van der Waals surface area contributed by atoms with E-state index in [4.69, 9.17) is 11.6 Å². The van der Waals surface area contributed by atoms with Gasteiger partial charge in [-0.15, -0.1) is 0 Å². The summed E-state index contributed by atoms with van der Waals surface area (Å²) in [6.45, 7) is -3.21. The smallest absolute Gasteiger partial charge is 0.387 e. The highest BCUT2D eigenvalue weighted by atomic mass is 35.5. The second-order valence-electron chi connectivity index (χ2n) is 2.28. The first kappa shape index (κ1) is 10.8. The van der Waals surface area contributed by atoms with Crippen LogP contribution < -0.4 is 4.74 Å². The standard InChI is InChI=1S/C8H4ClF3O2/c9-5-2-1-4(3-13)7(6(5)10)14-8(11)12/h1-3,8H. The first-order valence-corrected chi connectivity index (χ1v) is 3.82. The van der Waals surface area contributed by atoms with Crippen LogP contribution >= 0.6 is 11.6 Å². The average molecular weight is 225 g/mol. The maximum absolute atomic E-state index is 13.1. The first-order valence-electron chi connectivity index (χ1n) is 3.44. The van der Waals surface area contributed by atoms with Crippen LogP contribution in [0.5, 0.6) is 5.75 Å². The molecule has 0 saturated heterocycles. The minimum absolute atomic E-state index is 0.205. The minimum atomic E-state index is -3.21. The Morgan fingerprint density at radius 3 is 2.57 bits per heavy atom. The van der Waals surface area contributed by atoms with Crippen molar-refractivity contribution in [2.24, 2.45) is 0 Å². The topological polar surface area (TPSA) is 26.3 Å². The van der Waals surface area contributed by atoms with Gasteiger partial charge < -0.3 is 4.74 Å². The lowest BCUT2D eigenvalue weighted by Crippen LogP contribution is -2.06. The molecule has 0 saturated carbocycles. The van der Waals surface area contributed by atoms with Crippen LogP contribution in [0.4, 0.5) is 13.2 Å². The van der Waals surface area contributed by atoms with Crippen molar-refractivity contribution < 1.29 is 22.7 Å². The molecule has 0 atom stereocenters. The third-order valence-corrected chi connectivity index (χ3v) is 1.71. The van der Waals surface area contributed by atoms with Crippen molar-refractivity contribution in [1.29, 1.82) is 0 Å². The molecule has 2 nitrogen and oxygen atoms in total. The number of carbonyl (C=O) groups is 1. The number of carbonyl (C=O) groups excluding carboxylic acids is 1. The second-order valence-corrected chi connectivity index (χ2v) is 2.68. The van der Waals surface area contributed by atoms with Crippen LogP contribution in [0.3, 0.4) is 0 Å². The van der Waals surface area contributed by atoms with E-state index in [-0.39, 0.29) is 16.9 Å². The van der Waals surface area contributed by atoms with Gasteiger partial charge in [-0.3, -0.25) is 4.79 Å². The quantitative estimate of drug-likeness (QED) is 0.738. The molecule has 0 spiro atoms. The van der Waals surface area contributed by atoms with E-state index in [0.717, 1.165) is 12.1 Å². The van der Waals surface area contributed by atoms with Gasteiger partial charge in [-0.2, -0.15) is 8.78 Å². The van der Waals surface area contributed by atoms with E-state index in [1.165, 1.54) is 0 Å². The molecule has 14 heavy (non-hydrogen) atoms. The summed E-state index contributed by atoms with van der Waals surface area (Å²) < 4.78 is 40.5. The van der Waals surface area contributed by atoms with Crippen molar-refractivity contribution in [2.75, 3.05) is 0 Å². The molecule has 76 valence electrons. The summed E-state index contributed by atoms with van der Waals surface area (Å²) in [7, 11) is 0. The molecular weight excluding hydrogens is 221 g/mol. The largest absolute Gasteiger partial charge is 0.431 e. The van der Waals surface area contributed by atoms with Gasteiger partial charge in [0.1, 0.15) is 0 Å². The highest BCUT2D eigenvalue weighted by Crippen LogP contribution is 2.28. The number of aldehydes is 1. The Kier molecular flexibility index (Phi) is 3.35. The SMILES string of the molecule is O=Cc1ccc(Cl)c(F)c1OC(F)F. The molecule has 0 aliphatic heterocycles. The third-order valence-electron chi connectivity index (χ3n) is 1.41. The number of ether oxygens (including phenoxy) is 1. The van der Waals surface area contributed by atoms with Crippen molar-refractivity contribution in [3.63, 3.8) is 0 Å². The molecule has 1 aromatic rings. The van der Waals surface area contributed by atoms with Gasteiger partial charge in [-0.05, 0) is 12.1 Å². The molecule has 0 heterocycles. The maximum atomic E-state index is 13.1. The number of rotatable bonds is 3. The highest BCUT2D eigenvalue weighted by Gasteiger charge is 2.17. The van der Waals surface area contributed by atoms with E-state index in [9.17, 15) is 18.0 Å². The zero-order chi connectivity index (χ0) is 10.7. The van der Waals surface area contributed by atoms with Crippen LogP contribution in [0.15, 0.2) is 12.1 Å². The van der Waals surface area contributed by atoms with Gasteiger partial charge in [0, 0.05) is 0 Å². The maximum Gasteiger partial charge on any atom is 0.387 e. The van der Waals surface area contributed by atoms with E-state index < -0.39 is 18.2 Å². The van der Waals surface area contributed by atoms with E-state index in [1.807, 2.05) is 0 Å². The number of alkyl halides is 2. The van der Waals surface area contributed by atoms with E-state index in [1.54, 1.807) is 0 Å². The highest BCUT2D eigenvalue weighted by molar-refractivity contribution is 6.31. The lowest BCUT2D eigenvalue weighted by atomic mass is 10.2. The summed E-state index contributed by atoms with van der Waals surface area (Å²) in [6, 6.07) is 2.18. The molecule has 0 amide bonds. The van der Waals surface area contributed by atoms with Crippen LogP contribution in [0, 0.1) is 5.82 Å². The molecule has 1 aromatic carbocycles. The molecule has 1 rings (SSSR count). The lowest BCUT2D eigenvalue weighted by Gasteiger charge is -2.08. The van der Waals surface area contributed by atoms with Gasteiger partial charge in [0.15, 0.2) is 17.9 Å². The zero-order valence-corrected chi connectivity index (χ0v) is 7.39. The Bertz CT molecular complexity index is 355. The van der Waals surface area contributed by atoms with E-state index >= 15 is 0 Å². The predicted molar refractivity (Wildman–Crippen MR) is 43.4 cm³/mol. The molecular formula is C8H4ClF3O2. The van der Waals surface area contributed by atoms with Crippen molar-refractivity contribution in [3.05, 3.63) is 28.5 Å².